The minimum absolute atomic E-state index is 0.320. The second-order valence-corrected chi connectivity index (χ2v) is 6.55. The summed E-state index contributed by atoms with van der Waals surface area (Å²) < 4.78 is 0. The van der Waals surface area contributed by atoms with Crippen molar-refractivity contribution in [3.63, 3.8) is 0 Å². The molecule has 3 heteroatoms. The Bertz CT molecular complexity index is 436. The molecule has 1 aromatic rings. The van der Waals surface area contributed by atoms with Crippen molar-refractivity contribution in [2.45, 2.75) is 39.7 Å². The van der Waals surface area contributed by atoms with Crippen LogP contribution in [0.2, 0.25) is 0 Å². The molecule has 0 N–H and O–H groups in total. The zero-order valence-electron chi connectivity index (χ0n) is 13.6. The number of benzene rings is 1. The van der Waals surface area contributed by atoms with Crippen molar-refractivity contribution in [2.75, 3.05) is 26.2 Å². The van der Waals surface area contributed by atoms with Crippen molar-refractivity contribution in [1.29, 1.82) is 0 Å². The summed E-state index contributed by atoms with van der Waals surface area (Å²) in [6.45, 7) is 10.3. The topological polar surface area (TPSA) is 23.6 Å². The molecule has 1 atom stereocenters. The van der Waals surface area contributed by atoms with Crippen LogP contribution in [0.15, 0.2) is 30.3 Å². The average Bonchev–Trinajstić information content (AvgIpc) is 2.47. The summed E-state index contributed by atoms with van der Waals surface area (Å²) in [6.07, 6.45) is 1.76. The van der Waals surface area contributed by atoms with Crippen LogP contribution in [0.5, 0.6) is 0 Å². The Labute approximate surface area is 128 Å². The molecule has 1 unspecified atom stereocenters. The minimum Gasteiger partial charge on any atom is -0.340 e. The normalized spacial score (nSPS) is 18.0. The summed E-state index contributed by atoms with van der Waals surface area (Å²) in [5.74, 6) is 0.771. The fourth-order valence-electron chi connectivity index (χ4n) is 2.97. The zero-order chi connectivity index (χ0) is 15.2. The van der Waals surface area contributed by atoms with Gasteiger partial charge in [0.1, 0.15) is 0 Å². The molecule has 3 nitrogen and oxygen atoms in total. The van der Waals surface area contributed by atoms with E-state index in [0.29, 0.717) is 24.3 Å². The lowest BCUT2D eigenvalue weighted by atomic mass is 10.0. The van der Waals surface area contributed by atoms with E-state index in [1.807, 2.05) is 4.90 Å². The molecule has 116 valence electrons. The molecule has 0 spiro atoms. The standard InChI is InChI=1S/C18H28N2O/c1-15(2)13-18(21)20-11-9-19(10-12-20)16(3)14-17-7-5-4-6-8-17/h4-8,15-16H,9-14H2,1-3H3. The average molecular weight is 288 g/mol. The predicted octanol–water partition coefficient (Wildman–Crippen LogP) is 2.81. The Balaban J connectivity index is 1.79. The van der Waals surface area contributed by atoms with Gasteiger partial charge in [0, 0.05) is 38.6 Å². The Hall–Kier alpha value is -1.35. The van der Waals surface area contributed by atoms with Crippen LogP contribution in [0.25, 0.3) is 0 Å². The number of rotatable bonds is 5. The first-order valence-corrected chi connectivity index (χ1v) is 8.12. The molecular formula is C18H28N2O. The fourth-order valence-corrected chi connectivity index (χ4v) is 2.97. The van der Waals surface area contributed by atoms with Gasteiger partial charge in [-0.15, -0.1) is 0 Å². The molecule has 1 aliphatic heterocycles. The van der Waals surface area contributed by atoms with Gasteiger partial charge in [0.05, 0.1) is 0 Å². The molecule has 1 heterocycles. The number of hydrogen-bond donors (Lipinski definition) is 0. The number of amides is 1. The van der Waals surface area contributed by atoms with E-state index < -0.39 is 0 Å². The van der Waals surface area contributed by atoms with Crippen molar-refractivity contribution in [3.05, 3.63) is 35.9 Å². The molecule has 1 amide bonds. The number of hydrogen-bond acceptors (Lipinski definition) is 2. The highest BCUT2D eigenvalue weighted by Gasteiger charge is 2.24. The molecule has 1 fully saturated rings. The van der Waals surface area contributed by atoms with Crippen LogP contribution >= 0.6 is 0 Å². The van der Waals surface area contributed by atoms with Crippen LogP contribution in [-0.4, -0.2) is 47.9 Å². The van der Waals surface area contributed by atoms with E-state index in [4.69, 9.17) is 0 Å². The summed E-state index contributed by atoms with van der Waals surface area (Å²) >= 11 is 0. The third-order valence-electron chi connectivity index (χ3n) is 4.25. The lowest BCUT2D eigenvalue weighted by Gasteiger charge is -2.38. The fraction of sp³-hybridized carbons (Fsp3) is 0.611. The SMILES string of the molecule is CC(C)CC(=O)N1CCN(C(C)Cc2ccccc2)CC1. The van der Waals surface area contributed by atoms with Gasteiger partial charge in [0.15, 0.2) is 0 Å². The largest absolute Gasteiger partial charge is 0.340 e. The van der Waals surface area contributed by atoms with E-state index in [1.54, 1.807) is 0 Å². The monoisotopic (exact) mass is 288 g/mol. The van der Waals surface area contributed by atoms with E-state index in [0.717, 1.165) is 32.6 Å². The van der Waals surface area contributed by atoms with Gasteiger partial charge in [-0.2, -0.15) is 0 Å². The van der Waals surface area contributed by atoms with Crippen molar-refractivity contribution in [2.24, 2.45) is 5.92 Å². The molecule has 0 radical (unpaired) electrons. The second-order valence-electron chi connectivity index (χ2n) is 6.55. The number of piperazine rings is 1. The summed E-state index contributed by atoms with van der Waals surface area (Å²) in [7, 11) is 0. The number of carbonyl (C=O) groups is 1. The van der Waals surface area contributed by atoms with Gasteiger partial charge in [-0.1, -0.05) is 44.2 Å². The number of carbonyl (C=O) groups excluding carboxylic acids is 1. The summed E-state index contributed by atoms with van der Waals surface area (Å²) in [4.78, 5) is 16.6. The van der Waals surface area contributed by atoms with Crippen LogP contribution in [0.3, 0.4) is 0 Å². The van der Waals surface area contributed by atoms with Crippen molar-refractivity contribution >= 4 is 5.91 Å². The van der Waals surface area contributed by atoms with Gasteiger partial charge < -0.3 is 4.90 Å². The Kier molecular flexibility index (Phi) is 5.80. The lowest BCUT2D eigenvalue weighted by Crippen LogP contribution is -2.51. The molecule has 21 heavy (non-hydrogen) atoms. The zero-order valence-corrected chi connectivity index (χ0v) is 13.6. The van der Waals surface area contributed by atoms with Gasteiger partial charge in [-0.05, 0) is 24.8 Å². The van der Waals surface area contributed by atoms with Crippen LogP contribution < -0.4 is 0 Å². The van der Waals surface area contributed by atoms with Gasteiger partial charge in [0.2, 0.25) is 5.91 Å². The molecule has 0 aromatic heterocycles. The van der Waals surface area contributed by atoms with Crippen molar-refractivity contribution in [3.8, 4) is 0 Å². The summed E-state index contributed by atoms with van der Waals surface area (Å²) in [5.41, 5.74) is 1.39. The van der Waals surface area contributed by atoms with E-state index in [1.165, 1.54) is 5.56 Å². The maximum atomic E-state index is 12.1. The third kappa shape index (κ3) is 4.85. The highest BCUT2D eigenvalue weighted by Crippen LogP contribution is 2.13. The Morgan fingerprint density at radius 3 is 2.24 bits per heavy atom. The first kappa shape index (κ1) is 16.0. The van der Waals surface area contributed by atoms with Crippen LogP contribution in [0.4, 0.5) is 0 Å². The summed E-state index contributed by atoms with van der Waals surface area (Å²) in [6, 6.07) is 11.2. The van der Waals surface area contributed by atoms with Crippen molar-refractivity contribution in [1.82, 2.24) is 9.80 Å². The van der Waals surface area contributed by atoms with Crippen molar-refractivity contribution < 1.29 is 4.79 Å². The smallest absolute Gasteiger partial charge is 0.222 e. The molecular weight excluding hydrogens is 260 g/mol. The first-order valence-electron chi connectivity index (χ1n) is 8.12. The van der Waals surface area contributed by atoms with E-state index >= 15 is 0 Å². The highest BCUT2D eigenvalue weighted by molar-refractivity contribution is 5.76. The van der Waals surface area contributed by atoms with Gasteiger partial charge in [0.25, 0.3) is 0 Å². The predicted molar refractivity (Wildman–Crippen MR) is 87.2 cm³/mol. The molecule has 1 aliphatic rings. The minimum atomic E-state index is 0.320. The van der Waals surface area contributed by atoms with Crippen LogP contribution in [-0.2, 0) is 11.2 Å². The van der Waals surface area contributed by atoms with E-state index in [-0.39, 0.29) is 0 Å². The van der Waals surface area contributed by atoms with Crippen LogP contribution in [0, 0.1) is 5.92 Å². The molecule has 1 saturated heterocycles. The van der Waals surface area contributed by atoms with E-state index in [2.05, 4.69) is 56.0 Å². The highest BCUT2D eigenvalue weighted by atomic mass is 16.2. The molecule has 2 rings (SSSR count). The Morgan fingerprint density at radius 2 is 1.67 bits per heavy atom. The Morgan fingerprint density at radius 1 is 1.05 bits per heavy atom. The molecule has 0 saturated carbocycles. The summed E-state index contributed by atoms with van der Waals surface area (Å²) in [5, 5.41) is 0. The first-order chi connectivity index (χ1) is 10.1. The third-order valence-corrected chi connectivity index (χ3v) is 4.25. The van der Waals surface area contributed by atoms with Gasteiger partial charge in [-0.3, -0.25) is 9.69 Å². The van der Waals surface area contributed by atoms with E-state index in [9.17, 15) is 4.79 Å². The second kappa shape index (κ2) is 7.60. The number of nitrogens with zero attached hydrogens (tertiary/aromatic N) is 2. The molecule has 1 aromatic carbocycles. The maximum Gasteiger partial charge on any atom is 0.222 e. The quantitative estimate of drug-likeness (QED) is 0.832. The van der Waals surface area contributed by atoms with Crippen LogP contribution in [0.1, 0.15) is 32.8 Å². The molecule has 0 bridgehead atoms. The molecule has 0 aliphatic carbocycles. The van der Waals surface area contributed by atoms with Gasteiger partial charge >= 0.3 is 0 Å². The lowest BCUT2D eigenvalue weighted by molar-refractivity contribution is -0.134. The maximum absolute atomic E-state index is 12.1. The van der Waals surface area contributed by atoms with Gasteiger partial charge in [-0.25, -0.2) is 0 Å².